The molecule has 0 spiro atoms. The van der Waals surface area contributed by atoms with Crippen LogP contribution in [0.2, 0.25) is 0 Å². The van der Waals surface area contributed by atoms with Gasteiger partial charge >= 0.3 is 0 Å². The lowest BCUT2D eigenvalue weighted by atomic mass is 10.2. The Hall–Kier alpha value is -2.56. The van der Waals surface area contributed by atoms with Crippen molar-refractivity contribution in [1.29, 1.82) is 0 Å². The number of carbonyl (C=O) groups is 1. The normalized spacial score (nSPS) is 9.90. The van der Waals surface area contributed by atoms with Crippen LogP contribution in [0.4, 0.5) is 0 Å². The van der Waals surface area contributed by atoms with Crippen LogP contribution in [-0.4, -0.2) is 25.5 Å². The Morgan fingerprint density at radius 2 is 1.85 bits per heavy atom. The van der Waals surface area contributed by atoms with Crippen LogP contribution < -0.4 is 14.2 Å². The average molecular weight is 273 g/mol. The third-order valence-corrected chi connectivity index (χ3v) is 2.75. The fraction of sp³-hybridized carbons (Fsp3) is 0.200. The molecule has 20 heavy (non-hydrogen) atoms. The highest BCUT2D eigenvalue weighted by Gasteiger charge is 2.07. The van der Waals surface area contributed by atoms with Gasteiger partial charge < -0.3 is 14.2 Å². The number of benzene rings is 1. The van der Waals surface area contributed by atoms with Gasteiger partial charge in [-0.25, -0.2) is 4.98 Å². The number of aromatic nitrogens is 1. The second kappa shape index (κ2) is 6.56. The summed E-state index contributed by atoms with van der Waals surface area (Å²) in [6.07, 6.45) is 2.13. The maximum Gasteiger partial charge on any atom is 0.179 e. The van der Waals surface area contributed by atoms with Gasteiger partial charge in [-0.05, 0) is 17.7 Å². The molecule has 0 atom stereocenters. The molecule has 1 aromatic heterocycles. The summed E-state index contributed by atoms with van der Waals surface area (Å²) in [6, 6.07) is 9.09. The van der Waals surface area contributed by atoms with Gasteiger partial charge in [-0.3, -0.25) is 4.79 Å². The zero-order chi connectivity index (χ0) is 14.4. The maximum absolute atomic E-state index is 10.7. The van der Waals surface area contributed by atoms with E-state index in [4.69, 9.17) is 14.2 Å². The minimum absolute atomic E-state index is 0.301. The molecule has 0 fully saturated rings. The molecule has 0 bridgehead atoms. The smallest absolute Gasteiger partial charge is 0.179 e. The first-order valence-corrected chi connectivity index (χ1v) is 6.01. The van der Waals surface area contributed by atoms with E-state index in [1.807, 2.05) is 24.3 Å². The van der Waals surface area contributed by atoms with Crippen molar-refractivity contribution in [2.24, 2.45) is 0 Å². The second-order valence-corrected chi connectivity index (χ2v) is 4.01. The predicted octanol–water partition coefficient (Wildman–Crippen LogP) is 2.49. The maximum atomic E-state index is 10.7. The number of nitrogens with zero attached hydrogens (tertiary/aromatic N) is 1. The number of rotatable bonds is 6. The van der Waals surface area contributed by atoms with Gasteiger partial charge in [0.1, 0.15) is 18.1 Å². The molecular weight excluding hydrogens is 258 g/mol. The minimum Gasteiger partial charge on any atom is -0.497 e. The topological polar surface area (TPSA) is 57.7 Å². The van der Waals surface area contributed by atoms with Gasteiger partial charge in [-0.1, -0.05) is 12.1 Å². The van der Waals surface area contributed by atoms with Crippen LogP contribution in [0.5, 0.6) is 17.2 Å². The summed E-state index contributed by atoms with van der Waals surface area (Å²) in [5.41, 5.74) is 1.29. The molecule has 0 aliphatic carbocycles. The van der Waals surface area contributed by atoms with E-state index in [-0.39, 0.29) is 0 Å². The van der Waals surface area contributed by atoms with Crippen molar-refractivity contribution in [2.75, 3.05) is 14.2 Å². The van der Waals surface area contributed by atoms with Crippen LogP contribution >= 0.6 is 0 Å². The number of hydrogen-bond donors (Lipinski definition) is 0. The van der Waals surface area contributed by atoms with Gasteiger partial charge in [-0.15, -0.1) is 0 Å². The fourth-order valence-corrected chi connectivity index (χ4v) is 1.65. The molecule has 0 saturated heterocycles. The number of methoxy groups -OCH3 is 2. The predicted molar refractivity (Wildman–Crippen MR) is 73.5 cm³/mol. The van der Waals surface area contributed by atoms with Crippen molar-refractivity contribution in [2.45, 2.75) is 6.61 Å². The zero-order valence-electron chi connectivity index (χ0n) is 11.3. The molecule has 0 saturated carbocycles. The first-order chi connectivity index (χ1) is 9.76. The van der Waals surface area contributed by atoms with Crippen LogP contribution in [0.3, 0.4) is 0 Å². The third-order valence-electron chi connectivity index (χ3n) is 2.75. The molecule has 2 rings (SSSR count). The van der Waals surface area contributed by atoms with E-state index in [9.17, 15) is 4.79 Å². The van der Waals surface area contributed by atoms with Crippen LogP contribution in [0.1, 0.15) is 16.1 Å². The molecular formula is C15H15NO4. The number of pyridine rings is 1. The SMILES string of the molecule is COc1ccc(COc2cc(C=O)ncc2OC)cc1. The Bertz CT molecular complexity index is 581. The molecule has 104 valence electrons. The van der Waals surface area contributed by atoms with E-state index in [1.54, 1.807) is 13.2 Å². The first kappa shape index (κ1) is 13.9. The van der Waals surface area contributed by atoms with Crippen molar-refractivity contribution in [1.82, 2.24) is 4.98 Å². The van der Waals surface area contributed by atoms with Crippen molar-refractivity contribution >= 4 is 6.29 Å². The monoisotopic (exact) mass is 273 g/mol. The van der Waals surface area contributed by atoms with Crippen molar-refractivity contribution in [3.05, 3.63) is 47.8 Å². The Kier molecular flexibility index (Phi) is 4.55. The Balaban J connectivity index is 2.10. The number of carbonyl (C=O) groups excluding carboxylic acids is 1. The van der Waals surface area contributed by atoms with Crippen molar-refractivity contribution in [3.8, 4) is 17.2 Å². The highest BCUT2D eigenvalue weighted by Crippen LogP contribution is 2.27. The molecule has 2 aromatic rings. The first-order valence-electron chi connectivity index (χ1n) is 6.01. The second-order valence-electron chi connectivity index (χ2n) is 4.01. The number of hydrogen-bond acceptors (Lipinski definition) is 5. The fourth-order valence-electron chi connectivity index (χ4n) is 1.65. The van der Waals surface area contributed by atoms with Gasteiger partial charge in [0.25, 0.3) is 0 Å². The Morgan fingerprint density at radius 3 is 2.45 bits per heavy atom. The Labute approximate surface area is 117 Å². The summed E-state index contributed by atoms with van der Waals surface area (Å²) in [6.45, 7) is 0.364. The molecule has 5 heteroatoms. The van der Waals surface area contributed by atoms with Crippen molar-refractivity contribution < 1.29 is 19.0 Å². The van der Waals surface area contributed by atoms with Crippen LogP contribution in [-0.2, 0) is 6.61 Å². The zero-order valence-corrected chi connectivity index (χ0v) is 11.3. The lowest BCUT2D eigenvalue weighted by Gasteiger charge is -2.11. The van der Waals surface area contributed by atoms with Crippen molar-refractivity contribution in [3.63, 3.8) is 0 Å². The van der Waals surface area contributed by atoms with Crippen LogP contribution in [0.25, 0.3) is 0 Å². The molecule has 0 aliphatic rings. The van der Waals surface area contributed by atoms with Gasteiger partial charge in [0.2, 0.25) is 0 Å². The van der Waals surface area contributed by atoms with Gasteiger partial charge in [-0.2, -0.15) is 0 Å². The standard InChI is InChI=1S/C15H15NO4/c1-18-13-5-3-11(4-6-13)10-20-14-7-12(9-17)16-8-15(14)19-2/h3-9H,10H2,1-2H3. The number of aldehydes is 1. The molecule has 0 radical (unpaired) electrons. The van der Waals surface area contributed by atoms with Gasteiger partial charge in [0.15, 0.2) is 17.8 Å². The van der Waals surface area contributed by atoms with Gasteiger partial charge in [0, 0.05) is 6.07 Å². The summed E-state index contributed by atoms with van der Waals surface area (Å²) in [5, 5.41) is 0. The summed E-state index contributed by atoms with van der Waals surface area (Å²) in [4.78, 5) is 14.6. The Morgan fingerprint density at radius 1 is 1.10 bits per heavy atom. The summed E-state index contributed by atoms with van der Waals surface area (Å²) < 4.78 is 15.9. The van der Waals surface area contributed by atoms with E-state index in [2.05, 4.69) is 4.98 Å². The van der Waals surface area contributed by atoms with E-state index in [0.717, 1.165) is 11.3 Å². The highest BCUT2D eigenvalue weighted by atomic mass is 16.5. The van der Waals surface area contributed by atoms with E-state index in [1.165, 1.54) is 13.3 Å². The largest absolute Gasteiger partial charge is 0.497 e. The average Bonchev–Trinajstić information content (AvgIpc) is 2.53. The lowest BCUT2D eigenvalue weighted by Crippen LogP contribution is -2.00. The molecule has 0 unspecified atom stereocenters. The molecule has 0 N–H and O–H groups in total. The quantitative estimate of drug-likeness (QED) is 0.757. The third kappa shape index (κ3) is 3.26. The van der Waals surface area contributed by atoms with Crippen LogP contribution in [0.15, 0.2) is 36.5 Å². The molecule has 0 amide bonds. The summed E-state index contributed by atoms with van der Waals surface area (Å²) in [7, 11) is 3.14. The number of ether oxygens (including phenoxy) is 3. The molecule has 0 aliphatic heterocycles. The molecule has 1 aromatic carbocycles. The summed E-state index contributed by atoms with van der Waals surface area (Å²) in [5.74, 6) is 1.77. The summed E-state index contributed by atoms with van der Waals surface area (Å²) >= 11 is 0. The lowest BCUT2D eigenvalue weighted by molar-refractivity contribution is 0.111. The minimum atomic E-state index is 0.301. The van der Waals surface area contributed by atoms with E-state index in [0.29, 0.717) is 30.1 Å². The molecule has 1 heterocycles. The molecule has 5 nitrogen and oxygen atoms in total. The van der Waals surface area contributed by atoms with E-state index >= 15 is 0 Å². The highest BCUT2D eigenvalue weighted by molar-refractivity contribution is 5.73. The van der Waals surface area contributed by atoms with Crippen LogP contribution in [0, 0.1) is 0 Å². The van der Waals surface area contributed by atoms with E-state index < -0.39 is 0 Å². The van der Waals surface area contributed by atoms with Gasteiger partial charge in [0.05, 0.1) is 20.4 Å².